The molecular formula is C24H23Cl3N2O2. The van der Waals surface area contributed by atoms with Gasteiger partial charge in [-0.3, -0.25) is 4.98 Å². The first-order valence-corrected chi connectivity index (χ1v) is 10.4. The molecule has 0 fully saturated rings. The number of methoxy groups -OCH3 is 1. The number of rotatable bonds is 6. The topological polar surface area (TPSA) is 36.3 Å². The average molecular weight is 478 g/mol. The van der Waals surface area contributed by atoms with E-state index in [9.17, 15) is 0 Å². The van der Waals surface area contributed by atoms with Gasteiger partial charge in [0.1, 0.15) is 23.6 Å². The highest BCUT2D eigenvalue weighted by molar-refractivity contribution is 6.35. The van der Waals surface area contributed by atoms with Gasteiger partial charge in [-0.05, 0) is 49.2 Å². The van der Waals surface area contributed by atoms with Crippen LogP contribution in [0.15, 0.2) is 54.7 Å². The zero-order valence-electron chi connectivity index (χ0n) is 17.5. The van der Waals surface area contributed by atoms with Crippen LogP contribution in [-0.2, 0) is 13.2 Å². The first-order chi connectivity index (χ1) is 14.5. The third-order valence-corrected chi connectivity index (χ3v) is 5.92. The summed E-state index contributed by atoms with van der Waals surface area (Å²) >= 11 is 12.3. The van der Waals surface area contributed by atoms with Crippen LogP contribution in [0.25, 0.3) is 11.0 Å². The van der Waals surface area contributed by atoms with Crippen molar-refractivity contribution in [2.75, 3.05) is 7.11 Å². The van der Waals surface area contributed by atoms with Crippen LogP contribution in [0.2, 0.25) is 10.0 Å². The summed E-state index contributed by atoms with van der Waals surface area (Å²) < 4.78 is 13.8. The largest absolute Gasteiger partial charge is 0.497 e. The lowest BCUT2D eigenvalue weighted by Gasteiger charge is -2.14. The minimum atomic E-state index is 0. The lowest BCUT2D eigenvalue weighted by molar-refractivity contribution is 0.308. The van der Waals surface area contributed by atoms with E-state index in [1.54, 1.807) is 19.4 Å². The summed E-state index contributed by atoms with van der Waals surface area (Å²) in [6, 6.07) is 15.4. The van der Waals surface area contributed by atoms with Crippen LogP contribution in [0, 0.1) is 13.8 Å². The van der Waals surface area contributed by atoms with Crippen molar-refractivity contribution in [3.63, 3.8) is 0 Å². The number of hydrogen-bond acceptors (Lipinski definition) is 3. The van der Waals surface area contributed by atoms with E-state index in [0.29, 0.717) is 23.2 Å². The molecule has 162 valence electrons. The maximum atomic E-state index is 6.32. The lowest BCUT2D eigenvalue weighted by Crippen LogP contribution is -2.04. The van der Waals surface area contributed by atoms with E-state index in [0.717, 1.165) is 44.9 Å². The zero-order chi connectivity index (χ0) is 21.3. The minimum absolute atomic E-state index is 0. The zero-order valence-corrected chi connectivity index (χ0v) is 19.8. The van der Waals surface area contributed by atoms with Crippen molar-refractivity contribution < 1.29 is 9.47 Å². The third kappa shape index (κ3) is 4.77. The normalized spacial score (nSPS) is 10.7. The molecule has 4 rings (SSSR count). The van der Waals surface area contributed by atoms with Crippen LogP contribution in [0.4, 0.5) is 0 Å². The number of nitrogens with zero attached hydrogens (tertiary/aromatic N) is 2. The van der Waals surface area contributed by atoms with Gasteiger partial charge in [0.2, 0.25) is 0 Å². The van der Waals surface area contributed by atoms with Crippen LogP contribution in [0.3, 0.4) is 0 Å². The molecule has 7 heteroatoms. The summed E-state index contributed by atoms with van der Waals surface area (Å²) in [5, 5.41) is 1.19. The van der Waals surface area contributed by atoms with Crippen molar-refractivity contribution in [1.82, 2.24) is 9.55 Å². The Morgan fingerprint density at radius 3 is 2.58 bits per heavy atom. The first kappa shape index (κ1) is 23.3. The molecule has 4 aromatic rings. The van der Waals surface area contributed by atoms with E-state index in [1.807, 2.05) is 36.4 Å². The summed E-state index contributed by atoms with van der Waals surface area (Å²) in [6.07, 6.45) is 1.78. The van der Waals surface area contributed by atoms with Gasteiger partial charge in [-0.1, -0.05) is 41.4 Å². The Morgan fingerprint density at radius 1 is 1.03 bits per heavy atom. The second kappa shape index (κ2) is 9.82. The molecule has 0 radical (unpaired) electrons. The Balaban J connectivity index is 0.00000272. The van der Waals surface area contributed by atoms with Crippen molar-refractivity contribution in [3.8, 4) is 11.5 Å². The standard InChI is InChI=1S/C24H22Cl2N2O2.ClH/c1-15-16(2)28(13-17-5-4-6-20(11-17)29-3)24-22(9-10-27-23(15)24)30-14-18-7-8-19(25)12-21(18)26;/h4-12H,13-14H2,1-3H3;1H. The molecule has 0 spiro atoms. The summed E-state index contributed by atoms with van der Waals surface area (Å²) in [6.45, 7) is 5.23. The number of pyridine rings is 1. The van der Waals surface area contributed by atoms with Crippen LogP contribution < -0.4 is 9.47 Å². The third-order valence-electron chi connectivity index (χ3n) is 5.33. The molecule has 2 aromatic heterocycles. The van der Waals surface area contributed by atoms with Crippen molar-refractivity contribution in [2.24, 2.45) is 0 Å². The predicted molar refractivity (Wildman–Crippen MR) is 129 cm³/mol. The highest BCUT2D eigenvalue weighted by atomic mass is 35.5. The second-order valence-corrected chi connectivity index (χ2v) is 8.02. The van der Waals surface area contributed by atoms with Gasteiger partial charge in [0.25, 0.3) is 0 Å². The summed E-state index contributed by atoms with van der Waals surface area (Å²) in [4.78, 5) is 4.61. The molecular weight excluding hydrogens is 455 g/mol. The van der Waals surface area contributed by atoms with Gasteiger partial charge in [-0.2, -0.15) is 0 Å². The van der Waals surface area contributed by atoms with E-state index in [1.165, 1.54) is 0 Å². The molecule has 0 aliphatic carbocycles. The molecule has 2 aromatic carbocycles. The number of fused-ring (bicyclic) bond motifs is 1. The van der Waals surface area contributed by atoms with Crippen LogP contribution in [0.5, 0.6) is 11.5 Å². The van der Waals surface area contributed by atoms with Gasteiger partial charge in [0.05, 0.1) is 12.6 Å². The quantitative estimate of drug-likeness (QED) is 0.299. The molecule has 0 N–H and O–H groups in total. The van der Waals surface area contributed by atoms with Gasteiger partial charge in [-0.15, -0.1) is 12.4 Å². The van der Waals surface area contributed by atoms with Crippen molar-refractivity contribution >= 4 is 46.6 Å². The minimum Gasteiger partial charge on any atom is -0.497 e. The Morgan fingerprint density at radius 2 is 1.84 bits per heavy atom. The fraction of sp³-hybridized carbons (Fsp3) is 0.208. The molecule has 4 nitrogen and oxygen atoms in total. The molecule has 31 heavy (non-hydrogen) atoms. The Bertz CT molecular complexity index is 1220. The van der Waals surface area contributed by atoms with Crippen molar-refractivity contribution in [3.05, 3.63) is 87.2 Å². The number of hydrogen-bond donors (Lipinski definition) is 0. The molecule has 0 bridgehead atoms. The van der Waals surface area contributed by atoms with Gasteiger partial charge >= 0.3 is 0 Å². The van der Waals surface area contributed by atoms with Crippen molar-refractivity contribution in [2.45, 2.75) is 27.0 Å². The first-order valence-electron chi connectivity index (χ1n) is 9.62. The highest BCUT2D eigenvalue weighted by Crippen LogP contribution is 2.33. The second-order valence-electron chi connectivity index (χ2n) is 7.18. The fourth-order valence-electron chi connectivity index (χ4n) is 3.57. The number of aryl methyl sites for hydroxylation is 1. The number of aromatic nitrogens is 2. The van der Waals surface area contributed by atoms with Gasteiger partial charge in [0, 0.05) is 40.1 Å². The molecule has 0 aliphatic rings. The number of halogens is 3. The summed E-state index contributed by atoms with van der Waals surface area (Å²) in [5.74, 6) is 1.61. The number of ether oxygens (including phenoxy) is 2. The monoisotopic (exact) mass is 476 g/mol. The van der Waals surface area contributed by atoms with E-state index >= 15 is 0 Å². The predicted octanol–water partition coefficient (Wildman–Crippen LogP) is 7.02. The summed E-state index contributed by atoms with van der Waals surface area (Å²) in [5.41, 5.74) is 6.23. The highest BCUT2D eigenvalue weighted by Gasteiger charge is 2.17. The molecule has 0 aliphatic heterocycles. The maximum absolute atomic E-state index is 6.32. The van der Waals surface area contributed by atoms with E-state index < -0.39 is 0 Å². The molecule has 0 saturated heterocycles. The average Bonchev–Trinajstić information content (AvgIpc) is 2.99. The van der Waals surface area contributed by atoms with Crippen LogP contribution in [0.1, 0.15) is 22.4 Å². The van der Waals surface area contributed by atoms with Crippen LogP contribution >= 0.6 is 35.6 Å². The molecule has 0 atom stereocenters. The lowest BCUT2D eigenvalue weighted by atomic mass is 10.2. The molecule has 0 unspecified atom stereocenters. The smallest absolute Gasteiger partial charge is 0.147 e. The number of benzene rings is 2. The van der Waals surface area contributed by atoms with Gasteiger partial charge in [0.15, 0.2) is 0 Å². The molecule has 0 amide bonds. The van der Waals surface area contributed by atoms with Crippen molar-refractivity contribution in [1.29, 1.82) is 0 Å². The Labute approximate surface area is 198 Å². The van der Waals surface area contributed by atoms with E-state index in [4.69, 9.17) is 32.7 Å². The summed E-state index contributed by atoms with van der Waals surface area (Å²) in [7, 11) is 1.68. The Hall–Kier alpha value is -2.40. The SMILES string of the molecule is COc1cccc(Cn2c(C)c(C)c3nccc(OCc4ccc(Cl)cc4Cl)c32)c1.Cl. The van der Waals surface area contributed by atoms with Crippen LogP contribution in [-0.4, -0.2) is 16.7 Å². The molecule has 0 saturated carbocycles. The van der Waals surface area contributed by atoms with E-state index in [-0.39, 0.29) is 12.4 Å². The van der Waals surface area contributed by atoms with Gasteiger partial charge in [-0.25, -0.2) is 0 Å². The van der Waals surface area contributed by atoms with Gasteiger partial charge < -0.3 is 14.0 Å². The fourth-order valence-corrected chi connectivity index (χ4v) is 4.04. The maximum Gasteiger partial charge on any atom is 0.147 e. The Kier molecular flexibility index (Phi) is 7.37. The van der Waals surface area contributed by atoms with E-state index in [2.05, 4.69) is 29.5 Å². The molecule has 2 heterocycles.